The lowest BCUT2D eigenvalue weighted by atomic mass is 10.2. The first-order valence-corrected chi connectivity index (χ1v) is 8.32. The minimum atomic E-state index is -4.45. The van der Waals surface area contributed by atoms with Crippen molar-refractivity contribution in [3.8, 4) is 5.88 Å². The van der Waals surface area contributed by atoms with Crippen LogP contribution in [0.25, 0.3) is 11.0 Å². The lowest BCUT2D eigenvalue weighted by molar-refractivity contribution is -0.137. The number of imidazole rings is 1. The molecule has 1 unspecified atom stereocenters. The van der Waals surface area contributed by atoms with Crippen molar-refractivity contribution in [1.29, 1.82) is 0 Å². The van der Waals surface area contributed by atoms with Gasteiger partial charge in [0.15, 0.2) is 0 Å². The molecule has 3 aromatic rings. The van der Waals surface area contributed by atoms with E-state index in [-0.39, 0.29) is 18.3 Å². The minimum Gasteiger partial charge on any atom is -0.472 e. The highest BCUT2D eigenvalue weighted by Crippen LogP contribution is 2.31. The van der Waals surface area contributed by atoms with Crippen LogP contribution in [0, 0.1) is 0 Å². The molecule has 9 heteroatoms. The first-order valence-electron chi connectivity index (χ1n) is 8.32. The molecule has 140 valence electrons. The third-order valence-electron chi connectivity index (χ3n) is 4.45. The highest BCUT2D eigenvalue weighted by molar-refractivity contribution is 5.97. The molecule has 0 radical (unpaired) electrons. The Hall–Kier alpha value is -3.10. The van der Waals surface area contributed by atoms with Gasteiger partial charge >= 0.3 is 6.18 Å². The molecule has 1 amide bonds. The van der Waals surface area contributed by atoms with Crippen molar-refractivity contribution >= 4 is 16.9 Å². The van der Waals surface area contributed by atoms with Crippen LogP contribution in [0.4, 0.5) is 13.2 Å². The lowest BCUT2D eigenvalue weighted by Crippen LogP contribution is -2.31. The molecule has 2 aromatic heterocycles. The fourth-order valence-electron chi connectivity index (χ4n) is 3.08. The standard InChI is InChI=1S/C18H15F3N4O2/c19-18(20,21)12-3-5-22-16(8-12)27-13-4-6-25(9-13)17(26)11-1-2-14-15(7-11)24-10-23-14/h1-3,5,7-8,10,13H,4,6,9H2,(H,23,24). The van der Waals surface area contributed by atoms with Gasteiger partial charge in [-0.3, -0.25) is 4.79 Å². The van der Waals surface area contributed by atoms with E-state index >= 15 is 0 Å². The number of pyridine rings is 1. The van der Waals surface area contributed by atoms with Crippen LogP contribution in [0.1, 0.15) is 22.3 Å². The zero-order chi connectivity index (χ0) is 19.0. The molecule has 27 heavy (non-hydrogen) atoms. The van der Waals surface area contributed by atoms with Crippen molar-refractivity contribution in [2.45, 2.75) is 18.7 Å². The van der Waals surface area contributed by atoms with Gasteiger partial charge in [-0.25, -0.2) is 9.97 Å². The van der Waals surface area contributed by atoms with Crippen LogP contribution in [0.3, 0.4) is 0 Å². The lowest BCUT2D eigenvalue weighted by Gasteiger charge is -2.17. The molecule has 6 nitrogen and oxygen atoms in total. The van der Waals surface area contributed by atoms with Gasteiger partial charge in [0.2, 0.25) is 5.88 Å². The Bertz CT molecular complexity index is 986. The van der Waals surface area contributed by atoms with Gasteiger partial charge in [-0.15, -0.1) is 0 Å². The number of aromatic nitrogens is 3. The van der Waals surface area contributed by atoms with E-state index in [2.05, 4.69) is 15.0 Å². The number of carbonyl (C=O) groups is 1. The number of rotatable bonds is 3. The van der Waals surface area contributed by atoms with E-state index in [1.165, 1.54) is 0 Å². The molecular weight excluding hydrogens is 361 g/mol. The van der Waals surface area contributed by atoms with Crippen LogP contribution in [0.15, 0.2) is 42.9 Å². The summed E-state index contributed by atoms with van der Waals surface area (Å²) in [6, 6.07) is 6.95. The first kappa shape index (κ1) is 17.3. The van der Waals surface area contributed by atoms with Crippen LogP contribution < -0.4 is 4.74 Å². The minimum absolute atomic E-state index is 0.0944. The summed E-state index contributed by atoms with van der Waals surface area (Å²) < 4.78 is 43.9. The van der Waals surface area contributed by atoms with Crippen LogP contribution >= 0.6 is 0 Å². The highest BCUT2D eigenvalue weighted by Gasteiger charge is 2.32. The van der Waals surface area contributed by atoms with Crippen molar-refractivity contribution in [1.82, 2.24) is 19.9 Å². The van der Waals surface area contributed by atoms with E-state index in [9.17, 15) is 18.0 Å². The third kappa shape index (κ3) is 3.57. The molecule has 0 saturated carbocycles. The maximum Gasteiger partial charge on any atom is 0.416 e. The molecule has 1 fully saturated rings. The number of nitrogens with one attached hydrogen (secondary N) is 1. The van der Waals surface area contributed by atoms with E-state index in [0.29, 0.717) is 18.5 Å². The molecule has 3 heterocycles. The van der Waals surface area contributed by atoms with Crippen molar-refractivity contribution < 1.29 is 22.7 Å². The van der Waals surface area contributed by atoms with E-state index < -0.39 is 17.8 Å². The van der Waals surface area contributed by atoms with Crippen LogP contribution in [-0.2, 0) is 6.18 Å². The summed E-state index contributed by atoms with van der Waals surface area (Å²) in [5, 5.41) is 0. The van der Waals surface area contributed by atoms with Crippen LogP contribution in [0.2, 0.25) is 0 Å². The van der Waals surface area contributed by atoms with Gasteiger partial charge in [-0.1, -0.05) is 0 Å². The van der Waals surface area contributed by atoms with Crippen molar-refractivity contribution in [2.75, 3.05) is 13.1 Å². The van der Waals surface area contributed by atoms with Crippen molar-refractivity contribution in [3.63, 3.8) is 0 Å². The van der Waals surface area contributed by atoms with Crippen LogP contribution in [-0.4, -0.2) is 45.0 Å². The maximum absolute atomic E-state index is 12.8. The molecule has 1 saturated heterocycles. The number of benzene rings is 1. The average molecular weight is 376 g/mol. The molecule has 1 N–H and O–H groups in total. The van der Waals surface area contributed by atoms with Crippen molar-refractivity contribution in [2.24, 2.45) is 0 Å². The quantitative estimate of drug-likeness (QED) is 0.762. The Morgan fingerprint density at radius 1 is 1.22 bits per heavy atom. The summed E-state index contributed by atoms with van der Waals surface area (Å²) in [6.45, 7) is 0.751. The third-order valence-corrected chi connectivity index (χ3v) is 4.45. The summed E-state index contributed by atoms with van der Waals surface area (Å²) in [4.78, 5) is 25.2. The molecule has 0 spiro atoms. The highest BCUT2D eigenvalue weighted by atomic mass is 19.4. The smallest absolute Gasteiger partial charge is 0.416 e. The summed E-state index contributed by atoms with van der Waals surface area (Å²) >= 11 is 0. The molecule has 1 aliphatic heterocycles. The van der Waals surface area contributed by atoms with E-state index in [1.807, 2.05) is 0 Å². The van der Waals surface area contributed by atoms with Gasteiger partial charge in [0.1, 0.15) is 6.10 Å². The number of aromatic amines is 1. The molecule has 4 rings (SSSR count). The SMILES string of the molecule is O=C(c1ccc2nc[nH]c2c1)N1CCC(Oc2cc(C(F)(F)F)ccn2)C1. The first-order chi connectivity index (χ1) is 12.9. The Morgan fingerprint density at radius 3 is 2.89 bits per heavy atom. The number of H-pyrrole nitrogens is 1. The Balaban J connectivity index is 1.43. The second-order valence-electron chi connectivity index (χ2n) is 6.29. The number of hydrogen-bond acceptors (Lipinski definition) is 4. The van der Waals surface area contributed by atoms with Gasteiger partial charge in [0.05, 0.1) is 29.5 Å². The van der Waals surface area contributed by atoms with Crippen molar-refractivity contribution in [3.05, 3.63) is 54.0 Å². The second-order valence-corrected chi connectivity index (χ2v) is 6.29. The number of fused-ring (bicyclic) bond motifs is 1. The molecule has 1 atom stereocenters. The van der Waals surface area contributed by atoms with Gasteiger partial charge in [-0.2, -0.15) is 13.2 Å². The molecule has 0 bridgehead atoms. The summed E-state index contributed by atoms with van der Waals surface area (Å²) in [6.07, 6.45) is -1.71. The predicted octanol–water partition coefficient (Wildman–Crippen LogP) is 3.27. The Morgan fingerprint density at radius 2 is 2.07 bits per heavy atom. The number of halogens is 3. The number of nitrogens with zero attached hydrogens (tertiary/aromatic N) is 3. The number of hydrogen-bond donors (Lipinski definition) is 1. The topological polar surface area (TPSA) is 71.1 Å². The number of alkyl halides is 3. The summed E-state index contributed by atoms with van der Waals surface area (Å²) in [5.41, 5.74) is 1.24. The maximum atomic E-state index is 12.8. The van der Waals surface area contributed by atoms with Gasteiger partial charge in [0.25, 0.3) is 5.91 Å². The Labute approximate surface area is 152 Å². The summed E-state index contributed by atoms with van der Waals surface area (Å²) in [7, 11) is 0. The number of amides is 1. The molecule has 1 aromatic carbocycles. The number of carbonyl (C=O) groups excluding carboxylic acids is 1. The van der Waals surface area contributed by atoms with E-state index in [1.54, 1.807) is 29.4 Å². The van der Waals surface area contributed by atoms with E-state index in [4.69, 9.17) is 4.74 Å². The van der Waals surface area contributed by atoms with Crippen LogP contribution in [0.5, 0.6) is 5.88 Å². The molecule has 1 aliphatic rings. The second kappa shape index (κ2) is 6.57. The Kier molecular flexibility index (Phi) is 4.21. The zero-order valence-electron chi connectivity index (χ0n) is 14.0. The fourth-order valence-corrected chi connectivity index (χ4v) is 3.08. The fraction of sp³-hybridized carbons (Fsp3) is 0.278. The average Bonchev–Trinajstić information content (AvgIpc) is 3.29. The van der Waals surface area contributed by atoms with Gasteiger partial charge < -0.3 is 14.6 Å². The number of ether oxygens (including phenoxy) is 1. The normalized spacial score (nSPS) is 17.4. The van der Waals surface area contributed by atoms with Gasteiger partial charge in [0, 0.05) is 30.8 Å². The summed E-state index contributed by atoms with van der Waals surface area (Å²) in [5.74, 6) is -0.252. The monoisotopic (exact) mass is 376 g/mol. The molecular formula is C18H15F3N4O2. The molecule has 0 aliphatic carbocycles. The van der Waals surface area contributed by atoms with E-state index in [0.717, 1.165) is 29.4 Å². The van der Waals surface area contributed by atoms with Gasteiger partial charge in [-0.05, 0) is 24.3 Å². The zero-order valence-corrected chi connectivity index (χ0v) is 14.0. The number of likely N-dealkylation sites (tertiary alicyclic amines) is 1. The predicted molar refractivity (Wildman–Crippen MR) is 90.3 cm³/mol. The largest absolute Gasteiger partial charge is 0.472 e.